The number of nitrogens with two attached hydrogens (primary N) is 1. The molecule has 5 heteroatoms. The second-order valence-electron chi connectivity index (χ2n) is 4.59. The average molecular weight is 358 g/mol. The first-order chi connectivity index (χ1) is 9.54. The van der Waals surface area contributed by atoms with Gasteiger partial charge in [0.05, 0.1) is 10.5 Å². The van der Waals surface area contributed by atoms with Gasteiger partial charge in [0, 0.05) is 5.02 Å². The number of hydrogen-bond donors (Lipinski definition) is 2. The summed E-state index contributed by atoms with van der Waals surface area (Å²) < 4.78 is 14.0. The number of nitrogens with one attached hydrogen (secondary N) is 1. The number of rotatable bonds is 4. The fourth-order valence-electron chi connectivity index (χ4n) is 2.19. The minimum atomic E-state index is -0.277. The Morgan fingerprint density at radius 1 is 1.30 bits per heavy atom. The highest BCUT2D eigenvalue weighted by atomic mass is 79.9. The van der Waals surface area contributed by atoms with E-state index in [4.69, 9.17) is 17.4 Å². The van der Waals surface area contributed by atoms with Crippen molar-refractivity contribution >= 4 is 27.5 Å². The van der Waals surface area contributed by atoms with Gasteiger partial charge in [-0.2, -0.15) is 0 Å². The van der Waals surface area contributed by atoms with Gasteiger partial charge >= 0.3 is 0 Å². The van der Waals surface area contributed by atoms with Crippen LogP contribution >= 0.6 is 27.5 Å². The van der Waals surface area contributed by atoms with Crippen molar-refractivity contribution in [3.63, 3.8) is 0 Å². The summed E-state index contributed by atoms with van der Waals surface area (Å²) in [5, 5.41) is 0.695. The number of hydrazine groups is 1. The molecule has 0 aromatic heterocycles. The van der Waals surface area contributed by atoms with Crippen LogP contribution in [0.5, 0.6) is 0 Å². The van der Waals surface area contributed by atoms with Crippen LogP contribution in [0.2, 0.25) is 5.02 Å². The van der Waals surface area contributed by atoms with Crippen molar-refractivity contribution in [3.8, 4) is 0 Å². The van der Waals surface area contributed by atoms with E-state index in [1.54, 1.807) is 6.07 Å². The summed E-state index contributed by atoms with van der Waals surface area (Å²) in [4.78, 5) is 0. The van der Waals surface area contributed by atoms with Crippen molar-refractivity contribution in [2.45, 2.75) is 19.4 Å². The first kappa shape index (κ1) is 15.4. The van der Waals surface area contributed by atoms with E-state index in [-0.39, 0.29) is 11.9 Å². The highest BCUT2D eigenvalue weighted by molar-refractivity contribution is 9.10. The molecule has 2 aromatic rings. The minimum Gasteiger partial charge on any atom is -0.271 e. The molecule has 0 saturated carbocycles. The van der Waals surface area contributed by atoms with E-state index < -0.39 is 0 Å². The van der Waals surface area contributed by atoms with E-state index in [1.165, 1.54) is 6.07 Å². The number of halogens is 3. The van der Waals surface area contributed by atoms with Crippen molar-refractivity contribution in [1.29, 1.82) is 0 Å². The zero-order chi connectivity index (χ0) is 14.7. The van der Waals surface area contributed by atoms with Crippen molar-refractivity contribution < 1.29 is 4.39 Å². The van der Waals surface area contributed by atoms with E-state index in [2.05, 4.69) is 21.4 Å². The van der Waals surface area contributed by atoms with Crippen LogP contribution < -0.4 is 11.3 Å². The molecule has 2 rings (SSSR count). The highest BCUT2D eigenvalue weighted by Crippen LogP contribution is 2.29. The summed E-state index contributed by atoms with van der Waals surface area (Å²) in [5.74, 6) is 5.38. The third kappa shape index (κ3) is 3.20. The van der Waals surface area contributed by atoms with Crippen LogP contribution in [0.25, 0.3) is 0 Å². The van der Waals surface area contributed by atoms with E-state index >= 15 is 0 Å². The molecule has 0 saturated heterocycles. The highest BCUT2D eigenvalue weighted by Gasteiger charge is 2.16. The maximum absolute atomic E-state index is 13.6. The van der Waals surface area contributed by atoms with Gasteiger partial charge in [0.2, 0.25) is 0 Å². The fourth-order valence-corrected chi connectivity index (χ4v) is 2.79. The van der Waals surface area contributed by atoms with E-state index in [1.807, 2.05) is 31.2 Å². The van der Waals surface area contributed by atoms with Crippen LogP contribution in [0.3, 0.4) is 0 Å². The fraction of sp³-hybridized carbons (Fsp3) is 0.200. The van der Waals surface area contributed by atoms with Crippen LogP contribution in [0.15, 0.2) is 40.9 Å². The molecule has 0 fully saturated rings. The van der Waals surface area contributed by atoms with Gasteiger partial charge in [-0.1, -0.05) is 35.9 Å². The summed E-state index contributed by atoms with van der Waals surface area (Å²) in [6.45, 7) is 1.95. The van der Waals surface area contributed by atoms with Gasteiger partial charge in [0.25, 0.3) is 0 Å². The lowest BCUT2D eigenvalue weighted by atomic mass is 9.96. The Balaban J connectivity index is 2.34. The third-order valence-corrected chi connectivity index (χ3v) is 4.64. The van der Waals surface area contributed by atoms with Gasteiger partial charge < -0.3 is 0 Å². The monoisotopic (exact) mass is 356 g/mol. The van der Waals surface area contributed by atoms with Crippen LogP contribution in [-0.4, -0.2) is 0 Å². The van der Waals surface area contributed by atoms with Crippen molar-refractivity contribution in [3.05, 3.63) is 68.4 Å². The van der Waals surface area contributed by atoms with Crippen LogP contribution in [0, 0.1) is 12.7 Å². The molecule has 20 heavy (non-hydrogen) atoms. The molecule has 2 aromatic carbocycles. The smallest absolute Gasteiger partial charge is 0.137 e. The molecule has 0 heterocycles. The Hall–Kier alpha value is -0.940. The Morgan fingerprint density at radius 3 is 2.70 bits per heavy atom. The third-order valence-electron chi connectivity index (χ3n) is 3.34. The molecule has 0 aliphatic carbocycles. The zero-order valence-electron chi connectivity index (χ0n) is 11.0. The first-order valence-corrected chi connectivity index (χ1v) is 7.35. The molecule has 0 spiro atoms. The van der Waals surface area contributed by atoms with Crippen molar-refractivity contribution in [1.82, 2.24) is 5.43 Å². The summed E-state index contributed by atoms with van der Waals surface area (Å²) in [7, 11) is 0. The number of hydrogen-bond acceptors (Lipinski definition) is 2. The molecule has 106 valence electrons. The summed E-state index contributed by atoms with van der Waals surface area (Å²) >= 11 is 9.41. The summed E-state index contributed by atoms with van der Waals surface area (Å²) in [6.07, 6.45) is 0.566. The Labute approximate surface area is 131 Å². The van der Waals surface area contributed by atoms with Gasteiger partial charge in [-0.15, -0.1) is 0 Å². The summed E-state index contributed by atoms with van der Waals surface area (Å²) in [6, 6.07) is 10.5. The number of benzene rings is 2. The second kappa shape index (κ2) is 6.68. The Kier molecular flexibility index (Phi) is 5.16. The van der Waals surface area contributed by atoms with Crippen molar-refractivity contribution in [2.24, 2.45) is 5.84 Å². The SMILES string of the molecule is Cc1c(Cl)cccc1C(Cc1cccc(F)c1Br)NN. The lowest BCUT2D eigenvalue weighted by Crippen LogP contribution is -2.30. The molecule has 0 bridgehead atoms. The molecular weight excluding hydrogens is 343 g/mol. The molecule has 1 atom stereocenters. The lowest BCUT2D eigenvalue weighted by molar-refractivity contribution is 0.544. The topological polar surface area (TPSA) is 38.0 Å². The molecule has 2 nitrogen and oxygen atoms in total. The predicted octanol–water partition coefficient (Wildman–Crippen LogP) is 4.30. The van der Waals surface area contributed by atoms with E-state index in [0.29, 0.717) is 15.9 Å². The van der Waals surface area contributed by atoms with E-state index in [9.17, 15) is 4.39 Å². The maximum Gasteiger partial charge on any atom is 0.137 e. The zero-order valence-corrected chi connectivity index (χ0v) is 13.3. The Morgan fingerprint density at radius 2 is 2.00 bits per heavy atom. The largest absolute Gasteiger partial charge is 0.271 e. The predicted molar refractivity (Wildman–Crippen MR) is 84.1 cm³/mol. The van der Waals surface area contributed by atoms with Crippen LogP contribution in [-0.2, 0) is 6.42 Å². The average Bonchev–Trinajstić information content (AvgIpc) is 2.44. The van der Waals surface area contributed by atoms with Gasteiger partial charge in [-0.05, 0) is 58.1 Å². The second-order valence-corrected chi connectivity index (χ2v) is 5.79. The van der Waals surface area contributed by atoms with Gasteiger partial charge in [0.1, 0.15) is 5.82 Å². The quantitative estimate of drug-likeness (QED) is 0.632. The molecule has 1 unspecified atom stereocenters. The maximum atomic E-state index is 13.6. The van der Waals surface area contributed by atoms with Gasteiger partial charge in [-0.25, -0.2) is 4.39 Å². The standard InChI is InChI=1S/C15H15BrClFN2/c1-9-11(5-3-6-12(9)17)14(20-19)8-10-4-2-7-13(18)15(10)16/h2-7,14,20H,8,19H2,1H3. The Bertz CT molecular complexity index is 619. The van der Waals surface area contributed by atoms with Gasteiger partial charge in [-0.3, -0.25) is 11.3 Å². The van der Waals surface area contributed by atoms with Crippen LogP contribution in [0.4, 0.5) is 4.39 Å². The van der Waals surface area contributed by atoms with Crippen LogP contribution in [0.1, 0.15) is 22.7 Å². The molecule has 0 amide bonds. The minimum absolute atomic E-state index is 0.133. The summed E-state index contributed by atoms with van der Waals surface area (Å²) in [5.41, 5.74) is 5.62. The molecule has 0 radical (unpaired) electrons. The van der Waals surface area contributed by atoms with Crippen molar-refractivity contribution in [2.75, 3.05) is 0 Å². The first-order valence-electron chi connectivity index (χ1n) is 6.18. The molecule has 3 N–H and O–H groups in total. The lowest BCUT2D eigenvalue weighted by Gasteiger charge is -2.20. The normalized spacial score (nSPS) is 12.4. The van der Waals surface area contributed by atoms with E-state index in [0.717, 1.165) is 16.7 Å². The molecule has 0 aliphatic heterocycles. The molecular formula is C15H15BrClFN2. The van der Waals surface area contributed by atoms with Gasteiger partial charge in [0.15, 0.2) is 0 Å². The molecule has 0 aliphatic rings.